The average molecular weight is 463 g/mol. The van der Waals surface area contributed by atoms with Gasteiger partial charge >= 0.3 is 0 Å². The number of benzene rings is 1. The molecule has 0 saturated heterocycles. The molecule has 0 aromatic heterocycles. The fourth-order valence-electron chi connectivity index (χ4n) is 2.52. The Morgan fingerprint density at radius 1 is 1.33 bits per heavy atom. The van der Waals surface area contributed by atoms with E-state index in [-0.39, 0.29) is 28.7 Å². The van der Waals surface area contributed by atoms with Gasteiger partial charge in [0.1, 0.15) is 5.75 Å². The lowest BCUT2D eigenvalue weighted by Gasteiger charge is -2.27. The first-order valence-electron chi connectivity index (χ1n) is 8.35. The number of aliphatic imine (C=N–C) groups is 1. The predicted octanol–water partition coefficient (Wildman–Crippen LogP) is 3.87. The summed E-state index contributed by atoms with van der Waals surface area (Å²) in [6.45, 7) is 9.88. The van der Waals surface area contributed by atoms with Crippen LogP contribution in [0.4, 0.5) is 0 Å². The maximum Gasteiger partial charge on any atom is 0.191 e. The molecule has 0 bridgehead atoms. The molecule has 0 amide bonds. The minimum absolute atomic E-state index is 0. The van der Waals surface area contributed by atoms with Crippen molar-refractivity contribution in [1.29, 1.82) is 0 Å². The Labute approximate surface area is 167 Å². The highest BCUT2D eigenvalue weighted by Crippen LogP contribution is 2.32. The summed E-state index contributed by atoms with van der Waals surface area (Å²) in [5, 5.41) is 6.84. The van der Waals surface area contributed by atoms with Gasteiger partial charge in [0.2, 0.25) is 0 Å². The molecule has 1 aliphatic heterocycles. The summed E-state index contributed by atoms with van der Waals surface area (Å²) < 4.78 is 5.90. The zero-order chi connectivity index (χ0) is 16.7. The Balaban J connectivity index is 0.00000288. The van der Waals surface area contributed by atoms with Gasteiger partial charge in [-0.15, -0.1) is 24.0 Å². The number of para-hydroxylation sites is 1. The van der Waals surface area contributed by atoms with Crippen LogP contribution in [0.2, 0.25) is 0 Å². The molecular weight excluding hydrogens is 433 g/mol. The second-order valence-corrected chi connectivity index (χ2v) is 7.93. The van der Waals surface area contributed by atoms with Crippen molar-refractivity contribution < 1.29 is 4.74 Å². The van der Waals surface area contributed by atoms with Crippen LogP contribution < -0.4 is 15.4 Å². The SMILES string of the molecule is CCNC(=NCC(C)(C)SC)NCC1CCOc2ccccc21.I. The van der Waals surface area contributed by atoms with Crippen LogP contribution in [0.5, 0.6) is 5.75 Å². The van der Waals surface area contributed by atoms with E-state index in [4.69, 9.17) is 9.73 Å². The normalized spacial score (nSPS) is 17.3. The highest BCUT2D eigenvalue weighted by molar-refractivity contribution is 14.0. The van der Waals surface area contributed by atoms with Gasteiger partial charge in [-0.25, -0.2) is 0 Å². The predicted molar refractivity (Wildman–Crippen MR) is 116 cm³/mol. The smallest absolute Gasteiger partial charge is 0.191 e. The largest absolute Gasteiger partial charge is 0.493 e. The summed E-state index contributed by atoms with van der Waals surface area (Å²) in [5.74, 6) is 2.40. The number of halogens is 1. The van der Waals surface area contributed by atoms with Crippen LogP contribution in [0.15, 0.2) is 29.3 Å². The van der Waals surface area contributed by atoms with Crippen LogP contribution in [0, 0.1) is 0 Å². The third-order valence-electron chi connectivity index (χ3n) is 4.11. The third kappa shape index (κ3) is 6.35. The van der Waals surface area contributed by atoms with E-state index in [0.29, 0.717) is 5.92 Å². The third-order valence-corrected chi connectivity index (χ3v) is 5.35. The van der Waals surface area contributed by atoms with Crippen molar-refractivity contribution in [2.75, 3.05) is 32.5 Å². The van der Waals surface area contributed by atoms with Gasteiger partial charge in [-0.05, 0) is 45.1 Å². The molecule has 1 aromatic rings. The zero-order valence-corrected chi connectivity index (χ0v) is 18.2. The molecule has 1 heterocycles. The van der Waals surface area contributed by atoms with Gasteiger partial charge in [0.25, 0.3) is 0 Å². The summed E-state index contributed by atoms with van der Waals surface area (Å²) in [4.78, 5) is 4.74. The molecule has 0 aliphatic carbocycles. The van der Waals surface area contributed by atoms with Gasteiger partial charge in [0.05, 0.1) is 13.2 Å². The van der Waals surface area contributed by atoms with E-state index in [9.17, 15) is 0 Å². The lowest BCUT2D eigenvalue weighted by atomic mass is 9.93. The fraction of sp³-hybridized carbons (Fsp3) is 0.611. The van der Waals surface area contributed by atoms with Crippen molar-refractivity contribution in [1.82, 2.24) is 10.6 Å². The second kappa shape index (κ2) is 10.4. The van der Waals surface area contributed by atoms with E-state index in [1.807, 2.05) is 17.8 Å². The number of hydrogen-bond donors (Lipinski definition) is 2. The quantitative estimate of drug-likeness (QED) is 0.382. The molecular formula is C18H30IN3OS. The number of thioether (sulfide) groups is 1. The summed E-state index contributed by atoms with van der Waals surface area (Å²) in [6, 6.07) is 8.34. The number of nitrogens with one attached hydrogen (secondary N) is 2. The first-order valence-corrected chi connectivity index (χ1v) is 9.57. The maximum atomic E-state index is 5.74. The van der Waals surface area contributed by atoms with E-state index < -0.39 is 0 Å². The Kier molecular flexibility index (Phi) is 9.26. The molecule has 2 rings (SSSR count). The van der Waals surface area contributed by atoms with E-state index >= 15 is 0 Å². The molecule has 0 spiro atoms. The number of guanidine groups is 1. The topological polar surface area (TPSA) is 45.7 Å². The van der Waals surface area contributed by atoms with Crippen molar-refractivity contribution >= 4 is 41.7 Å². The zero-order valence-electron chi connectivity index (χ0n) is 15.1. The van der Waals surface area contributed by atoms with E-state index in [0.717, 1.165) is 44.4 Å². The summed E-state index contributed by atoms with van der Waals surface area (Å²) in [7, 11) is 0. The van der Waals surface area contributed by atoms with Crippen LogP contribution >= 0.6 is 35.7 Å². The van der Waals surface area contributed by atoms with Crippen molar-refractivity contribution in [3.63, 3.8) is 0 Å². The molecule has 2 N–H and O–H groups in total. The van der Waals surface area contributed by atoms with Gasteiger partial charge in [0, 0.05) is 23.8 Å². The molecule has 1 atom stereocenters. The molecule has 136 valence electrons. The number of ether oxygens (including phenoxy) is 1. The van der Waals surface area contributed by atoms with Crippen molar-refractivity contribution in [3.8, 4) is 5.75 Å². The van der Waals surface area contributed by atoms with E-state index in [1.54, 1.807) is 0 Å². The molecule has 6 heteroatoms. The highest BCUT2D eigenvalue weighted by atomic mass is 127. The summed E-state index contributed by atoms with van der Waals surface area (Å²) in [5.41, 5.74) is 1.30. The highest BCUT2D eigenvalue weighted by Gasteiger charge is 2.21. The first kappa shape index (κ1) is 21.4. The number of hydrogen-bond acceptors (Lipinski definition) is 3. The molecule has 1 aromatic carbocycles. The lowest BCUT2D eigenvalue weighted by Crippen LogP contribution is -2.41. The standard InChI is InChI=1S/C18H29N3OS.HI/c1-5-19-17(21-13-18(2,3)23-4)20-12-14-10-11-22-16-9-7-6-8-15(14)16;/h6-9,14H,5,10-13H2,1-4H3,(H2,19,20,21);1H. The maximum absolute atomic E-state index is 5.74. The lowest BCUT2D eigenvalue weighted by molar-refractivity contribution is 0.267. The van der Waals surface area contributed by atoms with Gasteiger partial charge in [-0.3, -0.25) is 4.99 Å². The Morgan fingerprint density at radius 3 is 2.79 bits per heavy atom. The van der Waals surface area contributed by atoms with Crippen LogP contribution in [-0.4, -0.2) is 43.2 Å². The number of fused-ring (bicyclic) bond motifs is 1. The Morgan fingerprint density at radius 2 is 2.08 bits per heavy atom. The van der Waals surface area contributed by atoms with E-state index in [1.165, 1.54) is 5.56 Å². The minimum Gasteiger partial charge on any atom is -0.493 e. The molecule has 4 nitrogen and oxygen atoms in total. The van der Waals surface area contributed by atoms with Crippen LogP contribution in [0.3, 0.4) is 0 Å². The number of rotatable bonds is 6. The Hall–Kier alpha value is -0.630. The summed E-state index contributed by atoms with van der Waals surface area (Å²) >= 11 is 1.84. The second-order valence-electron chi connectivity index (χ2n) is 6.41. The summed E-state index contributed by atoms with van der Waals surface area (Å²) in [6.07, 6.45) is 3.18. The minimum atomic E-state index is 0. The van der Waals surface area contributed by atoms with Crippen molar-refractivity contribution in [2.45, 2.75) is 37.9 Å². The average Bonchev–Trinajstić information content (AvgIpc) is 2.57. The molecule has 1 unspecified atom stereocenters. The van der Waals surface area contributed by atoms with Crippen molar-refractivity contribution in [2.24, 2.45) is 4.99 Å². The van der Waals surface area contributed by atoms with Gasteiger partial charge in [0.15, 0.2) is 5.96 Å². The van der Waals surface area contributed by atoms with Crippen LogP contribution in [-0.2, 0) is 0 Å². The number of nitrogens with zero attached hydrogens (tertiary/aromatic N) is 1. The molecule has 0 fully saturated rings. The van der Waals surface area contributed by atoms with Crippen molar-refractivity contribution in [3.05, 3.63) is 29.8 Å². The van der Waals surface area contributed by atoms with Gasteiger partial charge in [-0.2, -0.15) is 11.8 Å². The fourth-order valence-corrected chi connectivity index (χ4v) is 2.72. The van der Waals surface area contributed by atoms with Crippen LogP contribution in [0.1, 0.15) is 38.7 Å². The van der Waals surface area contributed by atoms with Gasteiger partial charge < -0.3 is 15.4 Å². The van der Waals surface area contributed by atoms with Crippen LogP contribution in [0.25, 0.3) is 0 Å². The Bertz CT molecular complexity index is 537. The van der Waals surface area contributed by atoms with Gasteiger partial charge in [-0.1, -0.05) is 18.2 Å². The monoisotopic (exact) mass is 463 g/mol. The first-order chi connectivity index (χ1) is 11.1. The van der Waals surface area contributed by atoms with E-state index in [2.05, 4.69) is 55.9 Å². The molecule has 0 radical (unpaired) electrons. The molecule has 0 saturated carbocycles. The molecule has 24 heavy (non-hydrogen) atoms. The molecule has 1 aliphatic rings.